The van der Waals surface area contributed by atoms with Crippen LogP contribution in [-0.4, -0.2) is 37.9 Å². The minimum absolute atomic E-state index is 0.380. The van der Waals surface area contributed by atoms with Crippen LogP contribution in [0.1, 0.15) is 20.3 Å². The zero-order valence-electron chi connectivity index (χ0n) is 6.67. The predicted octanol–water partition coefficient (Wildman–Crippen LogP) is -1.23. The topological polar surface area (TPSA) is 52.5 Å². The maximum absolute atomic E-state index is 8.66. The molecule has 0 saturated heterocycles. The molecule has 1 atom stereocenters. The summed E-state index contributed by atoms with van der Waals surface area (Å²) in [6.45, 7) is 5.00. The number of aliphatic hydroxyl groups is 2. The summed E-state index contributed by atoms with van der Waals surface area (Å²) in [7, 11) is -0.751. The molecule has 3 nitrogen and oxygen atoms in total. The lowest BCUT2D eigenvalue weighted by Gasteiger charge is -2.15. The van der Waals surface area contributed by atoms with Crippen LogP contribution in [0.25, 0.3) is 0 Å². The minimum Gasteiger partial charge on any atom is -0.372 e. The van der Waals surface area contributed by atoms with Crippen LogP contribution in [0, 0.1) is 0 Å². The van der Waals surface area contributed by atoms with Crippen LogP contribution in [0.2, 0.25) is 0 Å². The van der Waals surface area contributed by atoms with Gasteiger partial charge in [0.05, 0.1) is 0 Å². The molecule has 0 aliphatic heterocycles. The van der Waals surface area contributed by atoms with Crippen molar-refractivity contribution >= 4 is 9.52 Å². The first-order valence-corrected chi connectivity index (χ1v) is 5.43. The fourth-order valence-corrected chi connectivity index (χ4v) is 2.24. The highest BCUT2D eigenvalue weighted by atomic mass is 28.2. The molecule has 0 aromatic carbocycles. The summed E-state index contributed by atoms with van der Waals surface area (Å²) in [4.78, 5) is 0. The number of nitrogens with one attached hydrogen (secondary N) is 1. The van der Waals surface area contributed by atoms with Crippen molar-refractivity contribution in [3.05, 3.63) is 0 Å². The summed E-state index contributed by atoms with van der Waals surface area (Å²) < 4.78 is 0. The maximum Gasteiger partial charge on any atom is 0.130 e. The average molecular weight is 163 g/mol. The van der Waals surface area contributed by atoms with Crippen LogP contribution < -0.4 is 5.32 Å². The lowest BCUT2D eigenvalue weighted by molar-refractivity contribution is 0.0276. The number of hydrogen-bond acceptors (Lipinski definition) is 3. The van der Waals surface area contributed by atoms with Crippen molar-refractivity contribution in [3.63, 3.8) is 0 Å². The first kappa shape index (κ1) is 10.1. The molecule has 0 amide bonds. The average Bonchev–Trinajstić information content (AvgIpc) is 1.86. The first-order chi connectivity index (χ1) is 4.70. The molecule has 4 heteroatoms. The molecule has 0 radical (unpaired) electrons. The van der Waals surface area contributed by atoms with Crippen LogP contribution in [-0.2, 0) is 0 Å². The van der Waals surface area contributed by atoms with E-state index >= 15 is 0 Å². The Morgan fingerprint density at radius 3 is 2.30 bits per heavy atom. The molecular formula is C6H17NO2Si. The Labute approximate surface area is 64.3 Å². The Hall–Kier alpha value is 0.0969. The molecule has 0 aromatic rings. The molecule has 0 bridgehead atoms. The van der Waals surface area contributed by atoms with E-state index in [9.17, 15) is 0 Å². The molecule has 3 N–H and O–H groups in total. The van der Waals surface area contributed by atoms with Crippen LogP contribution in [0.3, 0.4) is 0 Å². The van der Waals surface area contributed by atoms with E-state index in [-0.39, 0.29) is 0 Å². The van der Waals surface area contributed by atoms with E-state index in [4.69, 9.17) is 10.2 Å². The van der Waals surface area contributed by atoms with Gasteiger partial charge in [0.15, 0.2) is 0 Å². The monoisotopic (exact) mass is 163 g/mol. The SMILES string of the molecule is CCNC(CC)[SiH2]C(O)O. The third-order valence-corrected chi connectivity index (χ3v) is 3.34. The fourth-order valence-electron chi connectivity index (χ4n) is 0.937. The smallest absolute Gasteiger partial charge is 0.130 e. The number of aliphatic hydroxyl groups excluding tert-OH is 1. The molecule has 0 aliphatic carbocycles. The van der Waals surface area contributed by atoms with E-state index in [2.05, 4.69) is 12.2 Å². The summed E-state index contributed by atoms with van der Waals surface area (Å²) >= 11 is 0. The Bertz CT molecular complexity index is 80.1. The second-order valence-corrected chi connectivity index (χ2v) is 4.57. The van der Waals surface area contributed by atoms with E-state index in [1.165, 1.54) is 0 Å². The van der Waals surface area contributed by atoms with Crippen molar-refractivity contribution in [2.75, 3.05) is 6.54 Å². The van der Waals surface area contributed by atoms with Crippen molar-refractivity contribution in [2.45, 2.75) is 31.8 Å². The Morgan fingerprint density at radius 1 is 1.40 bits per heavy atom. The normalized spacial score (nSPS) is 15.3. The van der Waals surface area contributed by atoms with Gasteiger partial charge in [-0.1, -0.05) is 13.8 Å². The second-order valence-electron chi connectivity index (χ2n) is 2.38. The largest absolute Gasteiger partial charge is 0.372 e. The summed E-state index contributed by atoms with van der Waals surface area (Å²) in [5.41, 5.74) is 0.380. The van der Waals surface area contributed by atoms with Crippen molar-refractivity contribution in [2.24, 2.45) is 0 Å². The van der Waals surface area contributed by atoms with Crippen molar-refractivity contribution < 1.29 is 10.2 Å². The van der Waals surface area contributed by atoms with Crippen LogP contribution in [0.15, 0.2) is 0 Å². The summed E-state index contributed by atoms with van der Waals surface area (Å²) in [6, 6.07) is 0. The summed E-state index contributed by atoms with van der Waals surface area (Å²) in [5.74, 6) is -1.04. The van der Waals surface area contributed by atoms with Gasteiger partial charge in [0.2, 0.25) is 0 Å². The molecule has 10 heavy (non-hydrogen) atoms. The highest BCUT2D eigenvalue weighted by Gasteiger charge is 2.09. The summed E-state index contributed by atoms with van der Waals surface area (Å²) in [6.07, 6.45) is 0.998. The van der Waals surface area contributed by atoms with E-state index < -0.39 is 15.4 Å². The molecule has 0 aliphatic rings. The van der Waals surface area contributed by atoms with Crippen molar-refractivity contribution in [1.29, 1.82) is 0 Å². The first-order valence-electron chi connectivity index (χ1n) is 3.80. The van der Waals surface area contributed by atoms with Crippen LogP contribution in [0.4, 0.5) is 0 Å². The van der Waals surface area contributed by atoms with Gasteiger partial charge in [-0.05, 0) is 18.6 Å². The van der Waals surface area contributed by atoms with Crippen LogP contribution in [0.5, 0.6) is 0 Å². The van der Waals surface area contributed by atoms with Gasteiger partial charge < -0.3 is 15.5 Å². The van der Waals surface area contributed by atoms with Gasteiger partial charge in [-0.3, -0.25) is 0 Å². The van der Waals surface area contributed by atoms with Gasteiger partial charge in [-0.25, -0.2) is 0 Å². The lowest BCUT2D eigenvalue weighted by Crippen LogP contribution is -2.39. The quantitative estimate of drug-likeness (QED) is 0.351. The van der Waals surface area contributed by atoms with Gasteiger partial charge in [-0.15, -0.1) is 0 Å². The predicted molar refractivity (Wildman–Crippen MR) is 44.5 cm³/mol. The zero-order chi connectivity index (χ0) is 7.98. The maximum atomic E-state index is 8.66. The zero-order valence-corrected chi connectivity index (χ0v) is 8.08. The van der Waals surface area contributed by atoms with Gasteiger partial charge in [0.1, 0.15) is 15.4 Å². The summed E-state index contributed by atoms with van der Waals surface area (Å²) in [5, 5.41) is 20.5. The van der Waals surface area contributed by atoms with Crippen molar-refractivity contribution in [3.8, 4) is 0 Å². The fraction of sp³-hybridized carbons (Fsp3) is 1.00. The van der Waals surface area contributed by atoms with Gasteiger partial charge in [0, 0.05) is 0 Å². The lowest BCUT2D eigenvalue weighted by atomic mass is 10.5. The van der Waals surface area contributed by atoms with Crippen molar-refractivity contribution in [1.82, 2.24) is 5.32 Å². The highest BCUT2D eigenvalue weighted by molar-refractivity contribution is 6.38. The molecular weight excluding hydrogens is 146 g/mol. The van der Waals surface area contributed by atoms with Gasteiger partial charge in [0.25, 0.3) is 0 Å². The highest BCUT2D eigenvalue weighted by Crippen LogP contribution is 1.89. The molecule has 0 saturated carbocycles. The van der Waals surface area contributed by atoms with E-state index in [1.54, 1.807) is 0 Å². The molecule has 0 heterocycles. The van der Waals surface area contributed by atoms with E-state index in [0.29, 0.717) is 5.67 Å². The molecule has 1 unspecified atom stereocenters. The van der Waals surface area contributed by atoms with Crippen LogP contribution >= 0.6 is 0 Å². The number of hydrogen-bond donors (Lipinski definition) is 3. The number of rotatable bonds is 5. The van der Waals surface area contributed by atoms with Gasteiger partial charge in [-0.2, -0.15) is 0 Å². The molecule has 0 fully saturated rings. The minimum atomic E-state index is -1.04. The Kier molecular flexibility index (Phi) is 5.91. The molecule has 0 spiro atoms. The standard InChI is InChI=1S/C6H17NO2Si/c1-3-5(7-4-2)10-6(8)9/h5-9H,3-4,10H2,1-2H3. The second kappa shape index (κ2) is 5.85. The van der Waals surface area contributed by atoms with Gasteiger partial charge >= 0.3 is 0 Å². The van der Waals surface area contributed by atoms with E-state index in [1.807, 2.05) is 6.92 Å². The Morgan fingerprint density at radius 2 is 2.00 bits per heavy atom. The Balaban J connectivity index is 3.39. The third-order valence-electron chi connectivity index (χ3n) is 1.48. The molecule has 0 rings (SSSR count). The molecule has 0 aromatic heterocycles. The third kappa shape index (κ3) is 4.93. The molecule has 62 valence electrons. The van der Waals surface area contributed by atoms with E-state index in [0.717, 1.165) is 13.0 Å².